The van der Waals surface area contributed by atoms with E-state index in [-0.39, 0.29) is 11.6 Å². The summed E-state index contributed by atoms with van der Waals surface area (Å²) in [4.78, 5) is 20.6. The van der Waals surface area contributed by atoms with E-state index in [0.29, 0.717) is 22.3 Å². The average Bonchev–Trinajstić information content (AvgIpc) is 2.62. The minimum absolute atomic E-state index is 0.201. The van der Waals surface area contributed by atoms with Crippen LogP contribution in [0.3, 0.4) is 0 Å². The lowest BCUT2D eigenvalue weighted by Crippen LogP contribution is -2.14. The van der Waals surface area contributed by atoms with Gasteiger partial charge in [-0.2, -0.15) is 0 Å². The quantitative estimate of drug-likeness (QED) is 0.696. The Labute approximate surface area is 156 Å². The number of rotatable bonds is 5. The van der Waals surface area contributed by atoms with Crippen molar-refractivity contribution in [3.05, 3.63) is 71.1 Å². The van der Waals surface area contributed by atoms with E-state index in [9.17, 15) is 4.79 Å². The lowest BCUT2D eigenvalue weighted by molar-refractivity contribution is 0.102. The zero-order valence-electron chi connectivity index (χ0n) is 14.3. The molecule has 0 saturated carbocycles. The Morgan fingerprint density at radius 2 is 1.96 bits per heavy atom. The highest BCUT2D eigenvalue weighted by molar-refractivity contribution is 6.30. The standard InChI is InChI=1S/C19H17ClN4O2/c1-12-6-7-17(26-2)15(8-12)24-18-11-21-16(10-22-18)19(25)23-14-5-3-4-13(20)9-14/h3-11H,1-2H3,(H,22,24)(H,23,25). The molecular formula is C19H17ClN4O2. The monoisotopic (exact) mass is 368 g/mol. The summed E-state index contributed by atoms with van der Waals surface area (Å²) >= 11 is 5.91. The largest absolute Gasteiger partial charge is 0.495 e. The number of ether oxygens (including phenoxy) is 1. The molecule has 0 saturated heterocycles. The van der Waals surface area contributed by atoms with Gasteiger partial charge < -0.3 is 15.4 Å². The van der Waals surface area contributed by atoms with Crippen molar-refractivity contribution in [1.29, 1.82) is 0 Å². The number of nitrogens with one attached hydrogen (secondary N) is 2. The first kappa shape index (κ1) is 17.7. The fraction of sp³-hybridized carbons (Fsp3) is 0.105. The Morgan fingerprint density at radius 3 is 2.65 bits per heavy atom. The highest BCUT2D eigenvalue weighted by Gasteiger charge is 2.10. The molecule has 0 unspecified atom stereocenters. The lowest BCUT2D eigenvalue weighted by Gasteiger charge is -2.11. The maximum atomic E-state index is 12.2. The first-order chi connectivity index (χ1) is 12.5. The molecule has 1 heterocycles. The molecule has 3 rings (SSSR count). The normalized spacial score (nSPS) is 10.3. The minimum Gasteiger partial charge on any atom is -0.495 e. The van der Waals surface area contributed by atoms with Gasteiger partial charge >= 0.3 is 0 Å². The second kappa shape index (κ2) is 7.84. The predicted molar refractivity (Wildman–Crippen MR) is 102 cm³/mol. The summed E-state index contributed by atoms with van der Waals surface area (Å²) in [5.41, 5.74) is 2.65. The van der Waals surface area contributed by atoms with Crippen LogP contribution in [0.2, 0.25) is 5.02 Å². The van der Waals surface area contributed by atoms with Gasteiger partial charge in [0.05, 0.1) is 25.2 Å². The van der Waals surface area contributed by atoms with Gasteiger partial charge in [0.1, 0.15) is 17.3 Å². The Hall–Kier alpha value is -3.12. The average molecular weight is 369 g/mol. The van der Waals surface area contributed by atoms with Crippen LogP contribution in [0.1, 0.15) is 16.1 Å². The van der Waals surface area contributed by atoms with Crippen LogP contribution in [-0.2, 0) is 0 Å². The van der Waals surface area contributed by atoms with Gasteiger partial charge in [-0.1, -0.05) is 23.7 Å². The summed E-state index contributed by atoms with van der Waals surface area (Å²) in [6.45, 7) is 1.99. The molecule has 0 aliphatic carbocycles. The summed E-state index contributed by atoms with van der Waals surface area (Å²) in [5, 5.41) is 6.41. The summed E-state index contributed by atoms with van der Waals surface area (Å²) in [7, 11) is 1.60. The molecule has 3 aromatic rings. The number of carbonyl (C=O) groups excluding carboxylic acids is 1. The third kappa shape index (κ3) is 4.29. The fourth-order valence-corrected chi connectivity index (χ4v) is 2.52. The van der Waals surface area contributed by atoms with E-state index >= 15 is 0 Å². The Balaban J connectivity index is 1.72. The highest BCUT2D eigenvalue weighted by Crippen LogP contribution is 2.27. The van der Waals surface area contributed by atoms with Gasteiger partial charge in [0, 0.05) is 10.7 Å². The summed E-state index contributed by atoms with van der Waals surface area (Å²) < 4.78 is 5.32. The van der Waals surface area contributed by atoms with E-state index in [1.807, 2.05) is 25.1 Å². The van der Waals surface area contributed by atoms with Crippen LogP contribution in [0.15, 0.2) is 54.9 Å². The second-order valence-corrected chi connectivity index (χ2v) is 6.02. The number of hydrogen-bond acceptors (Lipinski definition) is 5. The molecule has 0 radical (unpaired) electrons. The molecule has 0 fully saturated rings. The molecule has 26 heavy (non-hydrogen) atoms. The van der Waals surface area contributed by atoms with Crippen LogP contribution < -0.4 is 15.4 Å². The van der Waals surface area contributed by atoms with Crippen molar-refractivity contribution in [2.75, 3.05) is 17.7 Å². The van der Waals surface area contributed by atoms with Crippen LogP contribution in [0.4, 0.5) is 17.2 Å². The van der Waals surface area contributed by atoms with Crippen molar-refractivity contribution in [3.8, 4) is 5.75 Å². The Bertz CT molecular complexity index is 929. The summed E-state index contributed by atoms with van der Waals surface area (Å²) in [6.07, 6.45) is 2.90. The molecular weight excluding hydrogens is 352 g/mol. The zero-order chi connectivity index (χ0) is 18.5. The number of methoxy groups -OCH3 is 1. The molecule has 0 atom stereocenters. The molecule has 2 N–H and O–H groups in total. The van der Waals surface area contributed by atoms with E-state index in [4.69, 9.17) is 16.3 Å². The van der Waals surface area contributed by atoms with Gasteiger partial charge in [-0.05, 0) is 42.8 Å². The number of carbonyl (C=O) groups is 1. The number of amides is 1. The molecule has 6 nitrogen and oxygen atoms in total. The van der Waals surface area contributed by atoms with Gasteiger partial charge in [0.25, 0.3) is 5.91 Å². The van der Waals surface area contributed by atoms with Crippen molar-refractivity contribution in [2.24, 2.45) is 0 Å². The van der Waals surface area contributed by atoms with Gasteiger partial charge in [-0.15, -0.1) is 0 Å². The highest BCUT2D eigenvalue weighted by atomic mass is 35.5. The van der Waals surface area contributed by atoms with E-state index in [1.165, 1.54) is 12.4 Å². The minimum atomic E-state index is -0.362. The first-order valence-electron chi connectivity index (χ1n) is 7.86. The Kier molecular flexibility index (Phi) is 5.34. The van der Waals surface area contributed by atoms with Gasteiger partial charge in [0.2, 0.25) is 0 Å². The third-order valence-corrected chi connectivity index (χ3v) is 3.82. The number of anilines is 3. The van der Waals surface area contributed by atoms with Crippen LogP contribution in [-0.4, -0.2) is 23.0 Å². The summed E-state index contributed by atoms with van der Waals surface area (Å²) in [5.74, 6) is 0.841. The molecule has 0 spiro atoms. The molecule has 1 aromatic heterocycles. The number of nitrogens with zero attached hydrogens (tertiary/aromatic N) is 2. The van der Waals surface area contributed by atoms with Crippen molar-refractivity contribution in [3.63, 3.8) is 0 Å². The van der Waals surface area contributed by atoms with Crippen molar-refractivity contribution in [2.45, 2.75) is 6.92 Å². The molecule has 7 heteroatoms. The topological polar surface area (TPSA) is 76.1 Å². The molecule has 0 aliphatic heterocycles. The first-order valence-corrected chi connectivity index (χ1v) is 8.23. The second-order valence-electron chi connectivity index (χ2n) is 5.58. The van der Waals surface area contributed by atoms with Gasteiger partial charge in [-0.3, -0.25) is 4.79 Å². The van der Waals surface area contributed by atoms with E-state index in [1.54, 1.807) is 31.4 Å². The molecule has 0 bridgehead atoms. The van der Waals surface area contributed by atoms with Crippen LogP contribution >= 0.6 is 11.6 Å². The van der Waals surface area contributed by atoms with Gasteiger partial charge in [0.15, 0.2) is 0 Å². The maximum Gasteiger partial charge on any atom is 0.275 e. The molecule has 0 aliphatic rings. The number of aryl methyl sites for hydroxylation is 1. The number of benzene rings is 2. The van der Waals surface area contributed by atoms with Crippen molar-refractivity contribution < 1.29 is 9.53 Å². The van der Waals surface area contributed by atoms with Crippen molar-refractivity contribution >= 4 is 34.7 Å². The molecule has 132 valence electrons. The lowest BCUT2D eigenvalue weighted by atomic mass is 10.2. The molecule has 1 amide bonds. The molecule has 2 aromatic carbocycles. The number of halogens is 1. The van der Waals surface area contributed by atoms with E-state index in [2.05, 4.69) is 20.6 Å². The number of hydrogen-bond donors (Lipinski definition) is 2. The van der Waals surface area contributed by atoms with Gasteiger partial charge in [-0.25, -0.2) is 9.97 Å². The predicted octanol–water partition coefficient (Wildman–Crippen LogP) is 4.44. The van der Waals surface area contributed by atoms with Crippen LogP contribution in [0.25, 0.3) is 0 Å². The maximum absolute atomic E-state index is 12.2. The third-order valence-electron chi connectivity index (χ3n) is 3.58. The van der Waals surface area contributed by atoms with Crippen LogP contribution in [0.5, 0.6) is 5.75 Å². The van der Waals surface area contributed by atoms with E-state index in [0.717, 1.165) is 11.3 Å². The Morgan fingerprint density at radius 1 is 1.12 bits per heavy atom. The van der Waals surface area contributed by atoms with Crippen LogP contribution in [0, 0.1) is 6.92 Å². The smallest absolute Gasteiger partial charge is 0.275 e. The fourth-order valence-electron chi connectivity index (χ4n) is 2.33. The SMILES string of the molecule is COc1ccc(C)cc1Nc1cnc(C(=O)Nc2cccc(Cl)c2)cn1. The zero-order valence-corrected chi connectivity index (χ0v) is 15.0. The van der Waals surface area contributed by atoms with E-state index < -0.39 is 0 Å². The van der Waals surface area contributed by atoms with Crippen molar-refractivity contribution in [1.82, 2.24) is 9.97 Å². The number of aromatic nitrogens is 2. The summed E-state index contributed by atoms with van der Waals surface area (Å²) in [6, 6.07) is 12.7.